The Kier molecular flexibility index (Phi) is 4.71. The van der Waals surface area contributed by atoms with Gasteiger partial charge in [0.05, 0.1) is 12.3 Å². The average Bonchev–Trinajstić information content (AvgIpc) is 2.89. The minimum absolute atomic E-state index is 0.235. The second-order valence-electron chi connectivity index (χ2n) is 4.70. The van der Waals surface area contributed by atoms with Crippen LogP contribution in [0, 0.1) is 0 Å². The van der Waals surface area contributed by atoms with E-state index in [4.69, 9.17) is 0 Å². The van der Waals surface area contributed by atoms with E-state index in [9.17, 15) is 4.79 Å². The highest BCUT2D eigenvalue weighted by Crippen LogP contribution is 2.22. The molecule has 2 aliphatic rings. The Labute approximate surface area is 107 Å². The van der Waals surface area contributed by atoms with Crippen molar-refractivity contribution >= 4 is 22.8 Å². The van der Waals surface area contributed by atoms with E-state index in [2.05, 4.69) is 10.3 Å². The first kappa shape index (κ1) is 12.7. The van der Waals surface area contributed by atoms with Gasteiger partial charge in [0.1, 0.15) is 0 Å². The molecule has 0 bridgehead atoms. The van der Waals surface area contributed by atoms with Crippen molar-refractivity contribution in [2.45, 2.75) is 38.1 Å². The van der Waals surface area contributed by atoms with Crippen molar-refractivity contribution in [2.75, 3.05) is 25.9 Å². The van der Waals surface area contributed by atoms with Crippen LogP contribution in [0.5, 0.6) is 0 Å². The lowest BCUT2D eigenvalue weighted by Crippen LogP contribution is -2.39. The van der Waals surface area contributed by atoms with Crippen molar-refractivity contribution in [1.82, 2.24) is 10.2 Å². The van der Waals surface area contributed by atoms with Gasteiger partial charge in [-0.15, -0.1) is 0 Å². The van der Waals surface area contributed by atoms with Crippen molar-refractivity contribution < 1.29 is 4.79 Å². The number of amides is 1. The predicted molar refractivity (Wildman–Crippen MR) is 72.4 cm³/mol. The Morgan fingerprint density at radius 1 is 1.47 bits per heavy atom. The van der Waals surface area contributed by atoms with Crippen molar-refractivity contribution in [3.05, 3.63) is 0 Å². The highest BCUT2D eigenvalue weighted by atomic mass is 32.2. The minimum atomic E-state index is 0.235. The molecule has 0 radical (unpaired) electrons. The van der Waals surface area contributed by atoms with E-state index in [0.29, 0.717) is 11.8 Å². The van der Waals surface area contributed by atoms with Crippen molar-refractivity contribution in [3.8, 4) is 0 Å². The molecule has 1 amide bonds. The number of thioether (sulfide) groups is 1. The van der Waals surface area contributed by atoms with Gasteiger partial charge in [0.25, 0.3) is 0 Å². The molecule has 0 saturated heterocycles. The lowest BCUT2D eigenvalue weighted by atomic mass is 9.94. The van der Waals surface area contributed by atoms with Gasteiger partial charge in [0.15, 0.2) is 5.17 Å². The fourth-order valence-electron chi connectivity index (χ4n) is 2.38. The number of nitrogens with zero attached hydrogens (tertiary/aromatic N) is 2. The topological polar surface area (TPSA) is 44.7 Å². The first-order valence-corrected chi connectivity index (χ1v) is 7.42. The normalized spacial score (nSPS) is 20.9. The van der Waals surface area contributed by atoms with Crippen LogP contribution in [-0.2, 0) is 4.79 Å². The minimum Gasteiger partial charge on any atom is -0.363 e. The fraction of sp³-hybridized carbons (Fsp3) is 0.833. The zero-order chi connectivity index (χ0) is 12.1. The Bertz CT molecular complexity index is 300. The van der Waals surface area contributed by atoms with E-state index in [1.165, 1.54) is 43.9 Å². The zero-order valence-corrected chi connectivity index (χ0v) is 11.3. The molecule has 1 fully saturated rings. The van der Waals surface area contributed by atoms with Gasteiger partial charge in [-0.25, -0.2) is 0 Å². The zero-order valence-electron chi connectivity index (χ0n) is 10.4. The molecular weight excluding hydrogens is 234 g/mol. The highest BCUT2D eigenvalue weighted by Gasteiger charge is 2.22. The van der Waals surface area contributed by atoms with E-state index in [-0.39, 0.29) is 5.91 Å². The summed E-state index contributed by atoms with van der Waals surface area (Å²) in [6, 6.07) is 0.468. The van der Waals surface area contributed by atoms with Crippen LogP contribution in [0.2, 0.25) is 0 Å². The third-order valence-corrected chi connectivity index (χ3v) is 4.43. The third-order valence-electron chi connectivity index (χ3n) is 3.49. The van der Waals surface area contributed by atoms with Crippen molar-refractivity contribution in [2.24, 2.45) is 4.99 Å². The maximum atomic E-state index is 12.0. The van der Waals surface area contributed by atoms with Gasteiger partial charge in [0.2, 0.25) is 5.91 Å². The molecule has 1 saturated carbocycles. The standard InChI is InChI=1S/C12H21N3OS/c1-15(10-5-3-2-4-6-10)11(16)9-17-12-13-7-8-14-12/h10H,2-9H2,1H3,(H,13,14). The Morgan fingerprint density at radius 3 is 2.88 bits per heavy atom. The van der Waals surface area contributed by atoms with Crippen molar-refractivity contribution in [3.63, 3.8) is 0 Å². The molecule has 0 aromatic rings. The molecule has 1 N–H and O–H groups in total. The summed E-state index contributed by atoms with van der Waals surface area (Å²) in [5, 5.41) is 4.10. The van der Waals surface area contributed by atoms with E-state index in [1.54, 1.807) is 0 Å². The molecule has 0 unspecified atom stereocenters. The Hall–Kier alpha value is -0.710. The maximum Gasteiger partial charge on any atom is 0.233 e. The Morgan fingerprint density at radius 2 is 2.24 bits per heavy atom. The number of nitrogens with one attached hydrogen (secondary N) is 1. The van der Waals surface area contributed by atoms with Crippen LogP contribution in [0.1, 0.15) is 32.1 Å². The van der Waals surface area contributed by atoms with Crippen LogP contribution in [0.4, 0.5) is 0 Å². The molecule has 17 heavy (non-hydrogen) atoms. The first-order chi connectivity index (χ1) is 8.27. The fourth-order valence-corrected chi connectivity index (χ4v) is 3.23. The van der Waals surface area contributed by atoms with E-state index >= 15 is 0 Å². The number of aliphatic imine (C=N–C) groups is 1. The molecule has 0 spiro atoms. The summed E-state index contributed by atoms with van der Waals surface area (Å²) in [6.07, 6.45) is 6.21. The molecule has 4 nitrogen and oxygen atoms in total. The number of carbonyl (C=O) groups excluding carboxylic acids is 1. The third kappa shape index (κ3) is 3.63. The SMILES string of the molecule is CN(C(=O)CSC1=NCCN1)C1CCCCC1. The van der Waals surface area contributed by atoms with Gasteiger partial charge in [-0.3, -0.25) is 9.79 Å². The van der Waals surface area contributed by atoms with Crippen molar-refractivity contribution in [1.29, 1.82) is 0 Å². The molecule has 1 heterocycles. The second-order valence-corrected chi connectivity index (χ2v) is 5.66. The predicted octanol–water partition coefficient (Wildman–Crippen LogP) is 1.47. The number of hydrogen-bond acceptors (Lipinski definition) is 4. The molecule has 96 valence electrons. The van der Waals surface area contributed by atoms with Gasteiger partial charge in [-0.05, 0) is 12.8 Å². The van der Waals surface area contributed by atoms with E-state index in [0.717, 1.165) is 18.3 Å². The summed E-state index contributed by atoms with van der Waals surface area (Å²) in [5.74, 6) is 0.747. The van der Waals surface area contributed by atoms with Crippen LogP contribution < -0.4 is 5.32 Å². The molecule has 0 atom stereocenters. The molecule has 0 aromatic heterocycles. The van der Waals surface area contributed by atoms with E-state index < -0.39 is 0 Å². The van der Waals surface area contributed by atoms with Gasteiger partial charge in [-0.2, -0.15) is 0 Å². The molecule has 1 aliphatic heterocycles. The first-order valence-electron chi connectivity index (χ1n) is 6.44. The quantitative estimate of drug-likeness (QED) is 0.830. The molecule has 1 aliphatic carbocycles. The summed E-state index contributed by atoms with van der Waals surface area (Å²) in [6.45, 7) is 1.75. The number of rotatable bonds is 3. The maximum absolute atomic E-state index is 12.0. The largest absolute Gasteiger partial charge is 0.363 e. The summed E-state index contributed by atoms with van der Waals surface area (Å²) in [5.41, 5.74) is 0. The monoisotopic (exact) mass is 255 g/mol. The van der Waals surface area contributed by atoms with Crippen LogP contribution >= 0.6 is 11.8 Å². The molecule has 2 rings (SSSR count). The summed E-state index contributed by atoms with van der Waals surface area (Å²) < 4.78 is 0. The summed E-state index contributed by atoms with van der Waals surface area (Å²) in [7, 11) is 1.95. The smallest absolute Gasteiger partial charge is 0.233 e. The number of hydrogen-bond donors (Lipinski definition) is 1. The van der Waals surface area contributed by atoms with Gasteiger partial charge in [-0.1, -0.05) is 31.0 Å². The lowest BCUT2D eigenvalue weighted by Gasteiger charge is -2.31. The van der Waals surface area contributed by atoms with Crippen LogP contribution in [0.25, 0.3) is 0 Å². The average molecular weight is 255 g/mol. The van der Waals surface area contributed by atoms with Crippen LogP contribution in [-0.4, -0.2) is 47.9 Å². The Balaban J connectivity index is 1.74. The number of amidine groups is 1. The van der Waals surface area contributed by atoms with Gasteiger partial charge < -0.3 is 10.2 Å². The lowest BCUT2D eigenvalue weighted by molar-refractivity contribution is -0.129. The van der Waals surface area contributed by atoms with Crippen LogP contribution in [0.15, 0.2) is 4.99 Å². The second kappa shape index (κ2) is 6.28. The molecular formula is C12H21N3OS. The molecule has 5 heteroatoms. The van der Waals surface area contributed by atoms with Gasteiger partial charge in [0, 0.05) is 19.6 Å². The highest BCUT2D eigenvalue weighted by molar-refractivity contribution is 8.14. The molecule has 0 aromatic carbocycles. The van der Waals surface area contributed by atoms with Crippen LogP contribution in [0.3, 0.4) is 0 Å². The summed E-state index contributed by atoms with van der Waals surface area (Å²) in [4.78, 5) is 18.2. The summed E-state index contributed by atoms with van der Waals surface area (Å²) >= 11 is 1.53. The van der Waals surface area contributed by atoms with E-state index in [1.807, 2.05) is 11.9 Å². The number of carbonyl (C=O) groups is 1. The van der Waals surface area contributed by atoms with Gasteiger partial charge >= 0.3 is 0 Å².